The Bertz CT molecular complexity index is 1150. The molecule has 1 N–H and O–H groups in total. The van der Waals surface area contributed by atoms with Crippen molar-refractivity contribution in [2.24, 2.45) is 0 Å². The summed E-state index contributed by atoms with van der Waals surface area (Å²) in [5.41, 5.74) is 1.37. The van der Waals surface area contributed by atoms with E-state index in [4.69, 9.17) is 11.6 Å². The van der Waals surface area contributed by atoms with Crippen LogP contribution < -0.4 is 10.9 Å². The number of fused-ring (bicyclic) bond motifs is 2. The SMILES string of the molecule is O=c1c(Cc2cc3cc(Br)ccc3nc2Cl)cc([N+](=O)[O-])c2n1CCCN2. The molecule has 4 rings (SSSR count). The van der Waals surface area contributed by atoms with Crippen molar-refractivity contribution in [3.05, 3.63) is 71.6 Å². The molecule has 1 aromatic carbocycles. The summed E-state index contributed by atoms with van der Waals surface area (Å²) in [5.74, 6) is 0.270. The smallest absolute Gasteiger partial charge is 0.310 e. The summed E-state index contributed by atoms with van der Waals surface area (Å²) in [6.07, 6.45) is 0.911. The maximum Gasteiger partial charge on any atom is 0.310 e. The Morgan fingerprint density at radius 3 is 2.89 bits per heavy atom. The number of hydrogen-bond acceptors (Lipinski definition) is 5. The average molecular weight is 450 g/mol. The van der Waals surface area contributed by atoms with Crippen molar-refractivity contribution in [1.29, 1.82) is 0 Å². The highest BCUT2D eigenvalue weighted by Gasteiger charge is 2.25. The van der Waals surface area contributed by atoms with Crippen LogP contribution in [0.5, 0.6) is 0 Å². The molecule has 0 unspecified atom stereocenters. The first-order valence-electron chi connectivity index (χ1n) is 8.33. The number of nitrogens with zero attached hydrogens (tertiary/aromatic N) is 3. The first-order valence-corrected chi connectivity index (χ1v) is 9.51. The van der Waals surface area contributed by atoms with Crippen LogP contribution in [-0.4, -0.2) is 21.0 Å². The molecule has 9 heteroatoms. The third-order valence-corrected chi connectivity index (χ3v) is 5.40. The maximum atomic E-state index is 12.9. The van der Waals surface area contributed by atoms with Gasteiger partial charge in [0.05, 0.1) is 10.4 Å². The Hall–Kier alpha value is -2.45. The lowest BCUT2D eigenvalue weighted by atomic mass is 10.0. The molecule has 1 aliphatic rings. The van der Waals surface area contributed by atoms with E-state index < -0.39 is 4.92 Å². The van der Waals surface area contributed by atoms with E-state index in [-0.39, 0.29) is 28.6 Å². The predicted molar refractivity (Wildman–Crippen MR) is 108 cm³/mol. The minimum Gasteiger partial charge on any atom is -0.366 e. The van der Waals surface area contributed by atoms with E-state index >= 15 is 0 Å². The summed E-state index contributed by atoms with van der Waals surface area (Å²) in [6, 6.07) is 8.84. The second-order valence-corrected chi connectivity index (χ2v) is 7.62. The summed E-state index contributed by atoms with van der Waals surface area (Å²) < 4.78 is 2.34. The molecular formula is C18H14BrClN4O3. The van der Waals surface area contributed by atoms with Gasteiger partial charge in [0.1, 0.15) is 5.15 Å². The maximum absolute atomic E-state index is 12.9. The van der Waals surface area contributed by atoms with Crippen LogP contribution in [0.3, 0.4) is 0 Å². The second-order valence-electron chi connectivity index (χ2n) is 6.35. The Labute approximate surface area is 167 Å². The van der Waals surface area contributed by atoms with E-state index in [1.165, 1.54) is 10.6 Å². The van der Waals surface area contributed by atoms with Gasteiger partial charge >= 0.3 is 5.69 Å². The molecule has 2 aromatic heterocycles. The van der Waals surface area contributed by atoms with Gasteiger partial charge in [0.2, 0.25) is 0 Å². The molecule has 3 heterocycles. The minimum absolute atomic E-state index is 0.100. The number of rotatable bonds is 3. The summed E-state index contributed by atoms with van der Waals surface area (Å²) in [4.78, 5) is 28.2. The lowest BCUT2D eigenvalue weighted by Gasteiger charge is -2.20. The van der Waals surface area contributed by atoms with Gasteiger partial charge in [-0.3, -0.25) is 19.5 Å². The number of nitrogens with one attached hydrogen (secondary N) is 1. The Balaban J connectivity index is 1.84. The Morgan fingerprint density at radius 2 is 2.11 bits per heavy atom. The van der Waals surface area contributed by atoms with E-state index in [0.717, 1.165) is 21.8 Å². The fraction of sp³-hybridized carbons (Fsp3) is 0.222. The van der Waals surface area contributed by atoms with E-state index in [2.05, 4.69) is 26.2 Å². The third-order valence-electron chi connectivity index (χ3n) is 4.57. The average Bonchev–Trinajstić information content (AvgIpc) is 2.64. The molecule has 0 fully saturated rings. The van der Waals surface area contributed by atoms with Crippen LogP contribution in [0.25, 0.3) is 10.9 Å². The number of hydrogen-bond donors (Lipinski definition) is 1. The molecule has 27 heavy (non-hydrogen) atoms. The number of pyridine rings is 2. The summed E-state index contributed by atoms with van der Waals surface area (Å²) >= 11 is 9.74. The highest BCUT2D eigenvalue weighted by atomic mass is 79.9. The van der Waals surface area contributed by atoms with Crippen LogP contribution in [-0.2, 0) is 13.0 Å². The van der Waals surface area contributed by atoms with Crippen molar-refractivity contribution in [1.82, 2.24) is 9.55 Å². The highest BCUT2D eigenvalue weighted by Crippen LogP contribution is 2.29. The van der Waals surface area contributed by atoms with E-state index in [1.54, 1.807) is 0 Å². The van der Waals surface area contributed by atoms with Gasteiger partial charge in [0.15, 0.2) is 5.82 Å². The monoisotopic (exact) mass is 448 g/mol. The van der Waals surface area contributed by atoms with Crippen LogP contribution in [0.4, 0.5) is 11.5 Å². The topological polar surface area (TPSA) is 90.1 Å². The fourth-order valence-corrected chi connectivity index (χ4v) is 3.91. The number of benzene rings is 1. The molecule has 0 saturated carbocycles. The standard InChI is InChI=1S/C18H14BrClN4O3/c19-13-2-3-14-10(8-13)6-11(16(20)22-14)7-12-9-15(24(26)27)17-21-4-1-5-23(17)18(12)25/h2-3,6,8-9,21H,1,4-5,7H2. The van der Waals surface area contributed by atoms with Crippen molar-refractivity contribution in [3.8, 4) is 0 Å². The number of halogens is 2. The van der Waals surface area contributed by atoms with E-state index in [0.29, 0.717) is 24.2 Å². The van der Waals surface area contributed by atoms with Gasteiger partial charge in [-0.05, 0) is 36.2 Å². The van der Waals surface area contributed by atoms with Gasteiger partial charge in [-0.15, -0.1) is 0 Å². The van der Waals surface area contributed by atoms with Crippen molar-refractivity contribution >= 4 is 49.9 Å². The molecule has 0 aliphatic carbocycles. The quantitative estimate of drug-likeness (QED) is 0.369. The Morgan fingerprint density at radius 1 is 1.30 bits per heavy atom. The van der Waals surface area contributed by atoms with Crippen LogP contribution >= 0.6 is 27.5 Å². The zero-order valence-electron chi connectivity index (χ0n) is 14.0. The van der Waals surface area contributed by atoms with Crippen LogP contribution in [0.2, 0.25) is 5.15 Å². The summed E-state index contributed by atoms with van der Waals surface area (Å²) in [7, 11) is 0. The van der Waals surface area contributed by atoms with Gasteiger partial charge in [0.25, 0.3) is 5.56 Å². The minimum atomic E-state index is -0.468. The van der Waals surface area contributed by atoms with Gasteiger partial charge in [0, 0.05) is 41.0 Å². The first-order chi connectivity index (χ1) is 12.9. The summed E-state index contributed by atoms with van der Waals surface area (Å²) in [5, 5.41) is 15.6. The molecule has 1 aliphatic heterocycles. The molecule has 3 aromatic rings. The van der Waals surface area contributed by atoms with Crippen LogP contribution in [0.15, 0.2) is 39.6 Å². The largest absolute Gasteiger partial charge is 0.366 e. The lowest BCUT2D eigenvalue weighted by Crippen LogP contribution is -2.32. The van der Waals surface area contributed by atoms with Gasteiger partial charge in [-0.25, -0.2) is 4.98 Å². The number of aromatic nitrogens is 2. The van der Waals surface area contributed by atoms with E-state index in [9.17, 15) is 14.9 Å². The zero-order chi connectivity index (χ0) is 19.1. The predicted octanol–water partition coefficient (Wildman–Crippen LogP) is 4.13. The third kappa shape index (κ3) is 3.30. The van der Waals surface area contributed by atoms with Crippen molar-refractivity contribution < 1.29 is 4.92 Å². The van der Waals surface area contributed by atoms with Gasteiger partial charge in [-0.2, -0.15) is 0 Å². The van der Waals surface area contributed by atoms with Crippen LogP contribution in [0.1, 0.15) is 17.5 Å². The zero-order valence-corrected chi connectivity index (χ0v) is 16.4. The molecule has 0 radical (unpaired) electrons. The fourth-order valence-electron chi connectivity index (χ4n) is 3.31. The molecule has 0 amide bonds. The number of anilines is 1. The molecule has 0 saturated heterocycles. The Kier molecular flexibility index (Phi) is 4.61. The second kappa shape index (κ2) is 6.94. The van der Waals surface area contributed by atoms with Crippen molar-refractivity contribution in [2.75, 3.05) is 11.9 Å². The van der Waals surface area contributed by atoms with Crippen LogP contribution in [0, 0.1) is 10.1 Å². The van der Waals surface area contributed by atoms with Crippen molar-refractivity contribution in [3.63, 3.8) is 0 Å². The lowest BCUT2D eigenvalue weighted by molar-refractivity contribution is -0.384. The first kappa shape index (κ1) is 17.9. The van der Waals surface area contributed by atoms with E-state index in [1.807, 2.05) is 24.3 Å². The van der Waals surface area contributed by atoms with Gasteiger partial charge in [-0.1, -0.05) is 27.5 Å². The summed E-state index contributed by atoms with van der Waals surface area (Å²) in [6.45, 7) is 1.06. The number of nitro groups is 1. The normalized spacial score (nSPS) is 13.3. The molecule has 0 atom stereocenters. The molecule has 7 nitrogen and oxygen atoms in total. The molecule has 138 valence electrons. The molecular weight excluding hydrogens is 436 g/mol. The van der Waals surface area contributed by atoms with Crippen molar-refractivity contribution in [2.45, 2.75) is 19.4 Å². The molecule has 0 spiro atoms. The van der Waals surface area contributed by atoms with Gasteiger partial charge < -0.3 is 5.32 Å². The molecule has 0 bridgehead atoms. The highest BCUT2D eigenvalue weighted by molar-refractivity contribution is 9.10.